The number of amides is 2. The molecule has 0 saturated carbocycles. The maximum atomic E-state index is 13.8. The van der Waals surface area contributed by atoms with Gasteiger partial charge in [0.1, 0.15) is 5.82 Å². The molecular formula is C23H16Br2FN3O5. The molecule has 0 aliphatic heterocycles. The summed E-state index contributed by atoms with van der Waals surface area (Å²) >= 11 is 6.40. The number of anilines is 1. The van der Waals surface area contributed by atoms with Gasteiger partial charge in [0.05, 0.1) is 24.6 Å². The number of ether oxygens (including phenoxy) is 2. The first-order chi connectivity index (χ1) is 16.3. The van der Waals surface area contributed by atoms with Crippen molar-refractivity contribution in [2.75, 3.05) is 12.4 Å². The van der Waals surface area contributed by atoms with Gasteiger partial charge in [0.15, 0.2) is 11.5 Å². The Morgan fingerprint density at radius 3 is 2.44 bits per heavy atom. The molecule has 3 rings (SSSR count). The first kappa shape index (κ1) is 25.1. The normalized spacial score (nSPS) is 10.6. The standard InChI is InChI=1S/C23H16Br2FN3O5/c1-33-20-10-13(6-9-19(20)34-23(32)15-4-2-3-5-16(15)25)12-27-29-22(31)21(30)28-18-8-7-14(24)11-17(18)26/h2-12H,1H3,(H,28,30)(H,29,31)/b27-12+. The van der Waals surface area contributed by atoms with Gasteiger partial charge in [-0.15, -0.1) is 0 Å². The third-order valence-corrected chi connectivity index (χ3v) is 5.43. The van der Waals surface area contributed by atoms with Crippen LogP contribution in [0.3, 0.4) is 0 Å². The highest BCUT2D eigenvalue weighted by Crippen LogP contribution is 2.29. The van der Waals surface area contributed by atoms with Crippen molar-refractivity contribution < 1.29 is 28.2 Å². The van der Waals surface area contributed by atoms with Gasteiger partial charge in [-0.2, -0.15) is 5.10 Å². The molecule has 0 aliphatic rings. The van der Waals surface area contributed by atoms with E-state index >= 15 is 0 Å². The van der Waals surface area contributed by atoms with Crippen LogP contribution < -0.4 is 20.2 Å². The molecule has 8 nitrogen and oxygen atoms in total. The van der Waals surface area contributed by atoms with Crippen LogP contribution in [0.2, 0.25) is 0 Å². The van der Waals surface area contributed by atoms with Crippen LogP contribution in [0.1, 0.15) is 15.9 Å². The number of esters is 1. The van der Waals surface area contributed by atoms with Crippen molar-refractivity contribution in [3.8, 4) is 11.5 Å². The fourth-order valence-corrected chi connectivity index (χ4v) is 3.40. The molecular weight excluding hydrogens is 577 g/mol. The number of hydrogen-bond acceptors (Lipinski definition) is 6. The lowest BCUT2D eigenvalue weighted by atomic mass is 10.2. The monoisotopic (exact) mass is 591 g/mol. The summed E-state index contributed by atoms with van der Waals surface area (Å²) < 4.78 is 25.5. The lowest BCUT2D eigenvalue weighted by molar-refractivity contribution is -0.136. The molecule has 174 valence electrons. The SMILES string of the molecule is COc1cc(/C=N/NC(=O)C(=O)Nc2ccc(Br)cc2F)ccc1OC(=O)c1ccccc1Br. The lowest BCUT2D eigenvalue weighted by Gasteiger charge is -2.10. The van der Waals surface area contributed by atoms with E-state index in [2.05, 4.69) is 42.3 Å². The number of methoxy groups -OCH3 is 1. The number of nitrogens with zero attached hydrogens (tertiary/aromatic N) is 1. The number of carbonyl (C=O) groups excluding carboxylic acids is 3. The first-order valence-electron chi connectivity index (χ1n) is 9.52. The smallest absolute Gasteiger partial charge is 0.344 e. The third-order valence-electron chi connectivity index (χ3n) is 4.25. The quantitative estimate of drug-likeness (QED) is 0.142. The summed E-state index contributed by atoms with van der Waals surface area (Å²) in [6.07, 6.45) is 1.26. The van der Waals surface area contributed by atoms with E-state index in [1.165, 1.54) is 37.6 Å². The zero-order valence-corrected chi connectivity index (χ0v) is 20.6. The number of benzene rings is 3. The van der Waals surface area contributed by atoms with Gasteiger partial charge in [-0.25, -0.2) is 14.6 Å². The maximum absolute atomic E-state index is 13.8. The predicted octanol–water partition coefficient (Wildman–Crippen LogP) is 4.67. The molecule has 0 atom stereocenters. The van der Waals surface area contributed by atoms with Crippen LogP contribution in [0.25, 0.3) is 0 Å². The summed E-state index contributed by atoms with van der Waals surface area (Å²) in [4.78, 5) is 36.3. The van der Waals surface area contributed by atoms with Gasteiger partial charge in [0.25, 0.3) is 0 Å². The topological polar surface area (TPSA) is 106 Å². The van der Waals surface area contributed by atoms with Crippen molar-refractivity contribution in [1.29, 1.82) is 0 Å². The van der Waals surface area contributed by atoms with Gasteiger partial charge in [0, 0.05) is 8.95 Å². The molecule has 11 heteroatoms. The first-order valence-corrected chi connectivity index (χ1v) is 11.1. The fourth-order valence-electron chi connectivity index (χ4n) is 2.62. The van der Waals surface area contributed by atoms with E-state index in [1.54, 1.807) is 30.3 Å². The second-order valence-electron chi connectivity index (χ2n) is 6.56. The van der Waals surface area contributed by atoms with Gasteiger partial charge in [-0.1, -0.05) is 28.1 Å². The van der Waals surface area contributed by atoms with E-state index in [0.29, 0.717) is 20.1 Å². The van der Waals surface area contributed by atoms with Crippen molar-refractivity contribution in [3.05, 3.63) is 86.6 Å². The Balaban J connectivity index is 1.62. The minimum Gasteiger partial charge on any atom is -0.493 e. The number of rotatable bonds is 6. The lowest BCUT2D eigenvalue weighted by Crippen LogP contribution is -2.32. The van der Waals surface area contributed by atoms with Crippen LogP contribution in [0, 0.1) is 5.82 Å². The minimum atomic E-state index is -1.09. The van der Waals surface area contributed by atoms with Gasteiger partial charge < -0.3 is 14.8 Å². The molecule has 0 fully saturated rings. The molecule has 2 N–H and O–H groups in total. The van der Waals surface area contributed by atoms with Crippen LogP contribution in [-0.4, -0.2) is 31.1 Å². The average molecular weight is 593 g/mol. The zero-order valence-electron chi connectivity index (χ0n) is 17.5. The second-order valence-corrected chi connectivity index (χ2v) is 8.33. The molecule has 0 heterocycles. The Hall–Kier alpha value is -3.57. The minimum absolute atomic E-state index is 0.148. The third kappa shape index (κ3) is 6.49. The second kappa shape index (κ2) is 11.5. The summed E-state index contributed by atoms with van der Waals surface area (Å²) in [6, 6.07) is 15.4. The van der Waals surface area contributed by atoms with Crippen molar-refractivity contribution in [2.24, 2.45) is 5.10 Å². The van der Waals surface area contributed by atoms with Crippen LogP contribution in [0.4, 0.5) is 10.1 Å². The summed E-state index contributed by atoms with van der Waals surface area (Å²) in [7, 11) is 1.40. The summed E-state index contributed by atoms with van der Waals surface area (Å²) in [5.74, 6) is -3.03. The number of hydrogen-bond donors (Lipinski definition) is 2. The van der Waals surface area contributed by atoms with Crippen LogP contribution >= 0.6 is 31.9 Å². The van der Waals surface area contributed by atoms with Gasteiger partial charge >= 0.3 is 17.8 Å². The van der Waals surface area contributed by atoms with Crippen LogP contribution in [0.15, 0.2) is 74.7 Å². The van der Waals surface area contributed by atoms with E-state index in [4.69, 9.17) is 9.47 Å². The molecule has 0 bridgehead atoms. The van der Waals surface area contributed by atoms with Crippen molar-refractivity contribution in [2.45, 2.75) is 0 Å². The Kier molecular flexibility index (Phi) is 8.50. The maximum Gasteiger partial charge on any atom is 0.344 e. The van der Waals surface area contributed by atoms with E-state index < -0.39 is 23.6 Å². The van der Waals surface area contributed by atoms with E-state index in [1.807, 2.05) is 5.43 Å². The molecule has 2 amide bonds. The number of hydrazone groups is 1. The molecule has 0 unspecified atom stereocenters. The molecule has 0 aromatic heterocycles. The van der Waals surface area contributed by atoms with Crippen molar-refractivity contribution >= 4 is 61.5 Å². The van der Waals surface area contributed by atoms with Crippen LogP contribution in [0.5, 0.6) is 11.5 Å². The average Bonchev–Trinajstić information content (AvgIpc) is 2.81. The van der Waals surface area contributed by atoms with E-state index in [-0.39, 0.29) is 17.2 Å². The Labute approximate surface area is 210 Å². The highest BCUT2D eigenvalue weighted by Gasteiger charge is 2.16. The highest BCUT2D eigenvalue weighted by molar-refractivity contribution is 9.10. The fraction of sp³-hybridized carbons (Fsp3) is 0.0435. The summed E-state index contributed by atoms with van der Waals surface area (Å²) in [6.45, 7) is 0. The molecule has 0 radical (unpaired) electrons. The number of nitrogens with one attached hydrogen (secondary N) is 2. The van der Waals surface area contributed by atoms with E-state index in [0.717, 1.165) is 6.07 Å². The molecule has 0 saturated heterocycles. The summed E-state index contributed by atoms with van der Waals surface area (Å²) in [5, 5.41) is 5.86. The molecule has 0 spiro atoms. The molecule has 3 aromatic rings. The molecule has 34 heavy (non-hydrogen) atoms. The largest absolute Gasteiger partial charge is 0.493 e. The Morgan fingerprint density at radius 2 is 1.74 bits per heavy atom. The highest BCUT2D eigenvalue weighted by atomic mass is 79.9. The van der Waals surface area contributed by atoms with Crippen molar-refractivity contribution in [1.82, 2.24) is 5.43 Å². The van der Waals surface area contributed by atoms with Crippen LogP contribution in [-0.2, 0) is 9.59 Å². The molecule has 3 aromatic carbocycles. The van der Waals surface area contributed by atoms with E-state index in [9.17, 15) is 18.8 Å². The van der Waals surface area contributed by atoms with Gasteiger partial charge in [-0.05, 0) is 70.0 Å². The van der Waals surface area contributed by atoms with Gasteiger partial charge in [-0.3, -0.25) is 9.59 Å². The van der Waals surface area contributed by atoms with Gasteiger partial charge in [0.2, 0.25) is 0 Å². The Bertz CT molecular complexity index is 1280. The van der Waals surface area contributed by atoms with Crippen molar-refractivity contribution in [3.63, 3.8) is 0 Å². The predicted molar refractivity (Wildman–Crippen MR) is 131 cm³/mol. The summed E-state index contributed by atoms with van der Waals surface area (Å²) in [5.41, 5.74) is 2.73. The Morgan fingerprint density at radius 1 is 0.971 bits per heavy atom. The zero-order chi connectivity index (χ0) is 24.7. The number of halogens is 3. The molecule has 0 aliphatic carbocycles. The number of carbonyl (C=O) groups is 3.